The van der Waals surface area contributed by atoms with E-state index < -0.39 is 0 Å². The number of amides is 2. The van der Waals surface area contributed by atoms with Crippen LogP contribution in [-0.4, -0.2) is 22.1 Å². The van der Waals surface area contributed by atoms with Crippen molar-refractivity contribution in [1.82, 2.24) is 4.90 Å². The minimum atomic E-state index is -0.281. The number of carbonyl (C=O) groups excluding carboxylic acids is 2. The third kappa shape index (κ3) is 4.57. The van der Waals surface area contributed by atoms with Gasteiger partial charge in [0.15, 0.2) is 0 Å². The summed E-state index contributed by atoms with van der Waals surface area (Å²) < 4.78 is 6.79. The van der Waals surface area contributed by atoms with Crippen molar-refractivity contribution in [3.05, 3.63) is 68.0 Å². The monoisotopic (exact) mass is 465 g/mol. The molecular formula is C20H17BrClNO3S. The molecule has 2 aromatic rings. The van der Waals surface area contributed by atoms with Gasteiger partial charge in [0, 0.05) is 26.7 Å². The average Bonchev–Trinajstić information content (AvgIpc) is 2.89. The Labute approximate surface area is 175 Å². The number of imide groups is 1. The van der Waals surface area contributed by atoms with Crippen molar-refractivity contribution in [2.45, 2.75) is 26.5 Å². The lowest BCUT2D eigenvalue weighted by molar-refractivity contribution is -0.123. The van der Waals surface area contributed by atoms with Gasteiger partial charge in [-0.2, -0.15) is 0 Å². The van der Waals surface area contributed by atoms with Crippen molar-refractivity contribution in [2.75, 3.05) is 0 Å². The van der Waals surface area contributed by atoms with Crippen molar-refractivity contribution in [3.8, 4) is 5.75 Å². The molecule has 1 aliphatic heterocycles. The fraction of sp³-hybridized carbons (Fsp3) is 0.200. The maximum atomic E-state index is 12.5. The molecule has 1 saturated heterocycles. The summed E-state index contributed by atoms with van der Waals surface area (Å²) in [6, 6.07) is 12.8. The molecule has 0 bridgehead atoms. The first kappa shape index (κ1) is 20.0. The molecule has 0 radical (unpaired) electrons. The van der Waals surface area contributed by atoms with Gasteiger partial charge in [-0.15, -0.1) is 0 Å². The molecule has 140 valence electrons. The second-order valence-electron chi connectivity index (χ2n) is 6.21. The fourth-order valence-electron chi connectivity index (χ4n) is 2.60. The Morgan fingerprint density at radius 1 is 1.22 bits per heavy atom. The topological polar surface area (TPSA) is 46.6 Å². The van der Waals surface area contributed by atoms with Crippen LogP contribution in [0, 0.1) is 0 Å². The van der Waals surface area contributed by atoms with Gasteiger partial charge in [-0.25, -0.2) is 0 Å². The van der Waals surface area contributed by atoms with Crippen molar-refractivity contribution in [2.24, 2.45) is 0 Å². The zero-order valence-corrected chi connectivity index (χ0v) is 17.9. The number of ether oxygens (including phenoxy) is 1. The van der Waals surface area contributed by atoms with Crippen LogP contribution < -0.4 is 4.74 Å². The lowest BCUT2D eigenvalue weighted by Gasteiger charge is -2.16. The Morgan fingerprint density at radius 2 is 1.96 bits per heavy atom. The van der Waals surface area contributed by atoms with Crippen LogP contribution in [0.15, 0.2) is 51.8 Å². The average molecular weight is 467 g/mol. The Morgan fingerprint density at radius 3 is 2.63 bits per heavy atom. The highest BCUT2D eigenvalue weighted by molar-refractivity contribution is 9.10. The molecule has 3 rings (SSSR count). The maximum Gasteiger partial charge on any atom is 0.293 e. The number of halogens is 2. The third-order valence-electron chi connectivity index (χ3n) is 3.94. The number of carbonyl (C=O) groups is 2. The number of rotatable bonds is 5. The van der Waals surface area contributed by atoms with Gasteiger partial charge >= 0.3 is 0 Å². The number of hydrogen-bond donors (Lipinski definition) is 0. The molecule has 2 amide bonds. The van der Waals surface area contributed by atoms with Gasteiger partial charge in [-0.1, -0.05) is 45.7 Å². The van der Waals surface area contributed by atoms with E-state index in [1.54, 1.807) is 6.08 Å². The van der Waals surface area contributed by atoms with Crippen LogP contribution in [0.2, 0.25) is 5.02 Å². The molecule has 27 heavy (non-hydrogen) atoms. The first-order chi connectivity index (χ1) is 12.9. The van der Waals surface area contributed by atoms with Crippen LogP contribution in [0.1, 0.15) is 25.0 Å². The Bertz CT molecular complexity index is 929. The highest BCUT2D eigenvalue weighted by Gasteiger charge is 2.36. The van der Waals surface area contributed by atoms with Crippen LogP contribution in [0.4, 0.5) is 4.79 Å². The smallest absolute Gasteiger partial charge is 0.293 e. The highest BCUT2D eigenvalue weighted by atomic mass is 79.9. The molecule has 1 fully saturated rings. The molecule has 4 nitrogen and oxygen atoms in total. The van der Waals surface area contributed by atoms with E-state index in [-0.39, 0.29) is 17.2 Å². The van der Waals surface area contributed by atoms with E-state index in [2.05, 4.69) is 15.9 Å². The molecule has 0 saturated carbocycles. The van der Waals surface area contributed by atoms with Gasteiger partial charge in [-0.05, 0) is 56.0 Å². The molecular weight excluding hydrogens is 450 g/mol. The molecule has 1 heterocycles. The van der Waals surface area contributed by atoms with E-state index in [4.69, 9.17) is 16.3 Å². The summed E-state index contributed by atoms with van der Waals surface area (Å²) in [5, 5.41) is 0.379. The van der Waals surface area contributed by atoms with Crippen LogP contribution in [0.3, 0.4) is 0 Å². The lowest BCUT2D eigenvalue weighted by atomic mass is 10.1. The molecule has 0 spiro atoms. The van der Waals surface area contributed by atoms with Gasteiger partial charge < -0.3 is 4.74 Å². The van der Waals surface area contributed by atoms with Crippen molar-refractivity contribution in [1.29, 1.82) is 0 Å². The summed E-state index contributed by atoms with van der Waals surface area (Å²) in [4.78, 5) is 26.3. The zero-order chi connectivity index (χ0) is 19.6. The number of hydrogen-bond acceptors (Lipinski definition) is 4. The minimum absolute atomic E-state index is 0.179. The molecule has 2 aromatic carbocycles. The molecule has 0 N–H and O–H groups in total. The van der Waals surface area contributed by atoms with Crippen molar-refractivity contribution in [3.63, 3.8) is 0 Å². The van der Waals surface area contributed by atoms with E-state index in [1.165, 1.54) is 4.90 Å². The van der Waals surface area contributed by atoms with Crippen LogP contribution in [-0.2, 0) is 11.4 Å². The lowest BCUT2D eigenvalue weighted by Crippen LogP contribution is -2.34. The summed E-state index contributed by atoms with van der Waals surface area (Å²) >= 11 is 10.6. The van der Waals surface area contributed by atoms with Gasteiger partial charge in [0.2, 0.25) is 0 Å². The van der Waals surface area contributed by atoms with E-state index in [0.717, 1.165) is 21.8 Å². The third-order valence-corrected chi connectivity index (χ3v) is 5.69. The summed E-state index contributed by atoms with van der Waals surface area (Å²) in [5.41, 5.74) is 1.58. The molecule has 0 unspecified atom stereocenters. The van der Waals surface area contributed by atoms with E-state index >= 15 is 0 Å². The van der Waals surface area contributed by atoms with Crippen LogP contribution in [0.5, 0.6) is 5.75 Å². The van der Waals surface area contributed by atoms with Crippen molar-refractivity contribution >= 4 is 56.5 Å². The first-order valence-electron chi connectivity index (χ1n) is 8.29. The maximum absolute atomic E-state index is 12.5. The van der Waals surface area contributed by atoms with Gasteiger partial charge in [-0.3, -0.25) is 14.5 Å². The van der Waals surface area contributed by atoms with Gasteiger partial charge in [0.05, 0.1) is 4.91 Å². The summed E-state index contributed by atoms with van der Waals surface area (Å²) in [6.07, 6.45) is 1.69. The molecule has 0 atom stereocenters. The molecule has 7 heteroatoms. The predicted octanol–water partition coefficient (Wildman–Crippen LogP) is 6.13. The zero-order valence-electron chi connectivity index (χ0n) is 14.7. The SMILES string of the molecule is CC(C)N1C(=O)S/C(=C/c2cc(Br)ccc2OCc2ccccc2Cl)C1=O. The van der Waals surface area contributed by atoms with Crippen LogP contribution >= 0.6 is 39.3 Å². The standard InChI is InChI=1S/C20H17BrClNO3S/c1-12(2)23-19(24)18(27-20(23)25)10-14-9-15(21)7-8-17(14)26-11-13-5-3-4-6-16(13)22/h3-10,12H,11H2,1-2H3/b18-10+. The summed E-state index contributed by atoms with van der Waals surface area (Å²) in [7, 11) is 0. The predicted molar refractivity (Wildman–Crippen MR) is 113 cm³/mol. The van der Waals surface area contributed by atoms with Gasteiger partial charge in [0.1, 0.15) is 12.4 Å². The Hall–Kier alpha value is -1.76. The largest absolute Gasteiger partial charge is 0.488 e. The normalized spacial score (nSPS) is 15.9. The molecule has 0 aliphatic carbocycles. The second-order valence-corrected chi connectivity index (χ2v) is 8.52. The first-order valence-corrected chi connectivity index (χ1v) is 10.3. The van der Waals surface area contributed by atoms with Crippen LogP contribution in [0.25, 0.3) is 6.08 Å². The summed E-state index contributed by atoms with van der Waals surface area (Å²) in [6.45, 7) is 3.93. The number of thioether (sulfide) groups is 1. The second kappa shape index (κ2) is 8.50. The molecule has 0 aromatic heterocycles. The molecule has 1 aliphatic rings. The summed E-state index contributed by atoms with van der Waals surface area (Å²) in [5.74, 6) is 0.325. The van der Waals surface area contributed by atoms with Crippen molar-refractivity contribution < 1.29 is 14.3 Å². The highest BCUT2D eigenvalue weighted by Crippen LogP contribution is 2.36. The fourth-order valence-corrected chi connectivity index (χ4v) is 4.12. The van der Waals surface area contributed by atoms with E-state index in [0.29, 0.717) is 27.8 Å². The minimum Gasteiger partial charge on any atom is -0.488 e. The number of benzene rings is 2. The number of nitrogens with zero attached hydrogens (tertiary/aromatic N) is 1. The quantitative estimate of drug-likeness (QED) is 0.498. The van der Waals surface area contributed by atoms with E-state index in [1.807, 2.05) is 56.3 Å². The van der Waals surface area contributed by atoms with Gasteiger partial charge in [0.25, 0.3) is 11.1 Å². The van der Waals surface area contributed by atoms with E-state index in [9.17, 15) is 9.59 Å². The Balaban J connectivity index is 1.88. The Kier molecular flexibility index (Phi) is 6.29.